The lowest BCUT2D eigenvalue weighted by Gasteiger charge is -2.18. The Labute approximate surface area is 265 Å². The van der Waals surface area contributed by atoms with Gasteiger partial charge < -0.3 is 9.47 Å². The van der Waals surface area contributed by atoms with Gasteiger partial charge in [-0.3, -0.25) is 9.52 Å². The van der Waals surface area contributed by atoms with Crippen LogP contribution in [0.1, 0.15) is 45.2 Å². The number of amides is 2. The molecule has 0 spiro atoms. The zero-order chi connectivity index (χ0) is 33.3. The summed E-state index contributed by atoms with van der Waals surface area (Å²) in [4.78, 5) is 32.7. The molecule has 4 aromatic rings. The fourth-order valence-corrected chi connectivity index (χ4v) is 5.73. The van der Waals surface area contributed by atoms with Crippen LogP contribution < -0.4 is 14.4 Å². The highest BCUT2D eigenvalue weighted by Crippen LogP contribution is 2.37. The van der Waals surface area contributed by atoms with Crippen LogP contribution in [0.4, 0.5) is 29.3 Å². The fourth-order valence-electron chi connectivity index (χ4n) is 4.59. The Bertz CT molecular complexity index is 1970. The minimum atomic E-state index is -4.35. The van der Waals surface area contributed by atoms with Gasteiger partial charge in [0.05, 0.1) is 16.8 Å². The van der Waals surface area contributed by atoms with Crippen molar-refractivity contribution in [3.63, 3.8) is 0 Å². The van der Waals surface area contributed by atoms with E-state index >= 15 is 0 Å². The van der Waals surface area contributed by atoms with Gasteiger partial charge in [-0.05, 0) is 76.3 Å². The number of imide groups is 1. The van der Waals surface area contributed by atoms with Crippen LogP contribution in [0.3, 0.4) is 0 Å². The van der Waals surface area contributed by atoms with Gasteiger partial charge in [0.15, 0.2) is 5.76 Å². The number of carbonyl (C=O) groups is 2. The van der Waals surface area contributed by atoms with E-state index in [1.807, 2.05) is 0 Å². The Morgan fingerprint density at radius 2 is 1.72 bits per heavy atom. The second-order valence-electron chi connectivity index (χ2n) is 10.5. The minimum absolute atomic E-state index is 0.00962. The Morgan fingerprint density at radius 3 is 2.35 bits per heavy atom. The van der Waals surface area contributed by atoms with E-state index in [0.717, 1.165) is 54.5 Å². The van der Waals surface area contributed by atoms with Gasteiger partial charge in [-0.25, -0.2) is 32.4 Å². The third-order valence-electron chi connectivity index (χ3n) is 6.83. The number of allylic oxidation sites excluding steroid dienone is 1. The summed E-state index contributed by atoms with van der Waals surface area (Å²) in [6.45, 7) is 4.98. The Kier molecular flexibility index (Phi) is 9.21. The number of fused-ring (bicyclic) bond motifs is 1. The summed E-state index contributed by atoms with van der Waals surface area (Å²) < 4.78 is 79.4. The van der Waals surface area contributed by atoms with Crippen LogP contribution in [0.15, 0.2) is 59.1 Å². The van der Waals surface area contributed by atoms with Gasteiger partial charge in [0, 0.05) is 18.0 Å². The van der Waals surface area contributed by atoms with Crippen molar-refractivity contribution in [1.82, 2.24) is 19.6 Å². The molecular weight excluding hydrogens is 653 g/mol. The quantitative estimate of drug-likeness (QED) is 0.240. The molecule has 3 heterocycles. The molecule has 1 aliphatic carbocycles. The van der Waals surface area contributed by atoms with Crippen molar-refractivity contribution in [1.29, 1.82) is 0 Å². The Balaban J connectivity index is 0.000000182. The standard InChI is InChI=1S/C17H17ClFNO4.C12H9F2N5O2S/c1-9(2)15-16(21)20(17(22)24-15)13-8-14(11(18)7-12(13)19)23-10-5-3-4-6-10;1-7-5-6-19-11(15-7)16-12(17-19)22(20,21)18-10-8(13)3-2-4-9(10)14/h7-8,10H,3-6H2,1-2H3;2-6,18H,1H3. The summed E-state index contributed by atoms with van der Waals surface area (Å²) in [6.07, 6.45) is 4.48. The molecule has 1 saturated heterocycles. The third-order valence-corrected chi connectivity index (χ3v) is 8.25. The molecule has 1 N–H and O–H groups in total. The zero-order valence-electron chi connectivity index (χ0n) is 24.6. The molecule has 6 rings (SSSR count). The number of ether oxygens (including phenoxy) is 2. The molecule has 0 radical (unpaired) electrons. The number of para-hydroxylation sites is 1. The maximum absolute atomic E-state index is 14.3. The molecular formula is C29H26ClF3N6O6S. The van der Waals surface area contributed by atoms with Crippen LogP contribution >= 0.6 is 11.6 Å². The summed E-state index contributed by atoms with van der Waals surface area (Å²) in [5.74, 6) is -3.34. The zero-order valence-corrected chi connectivity index (χ0v) is 26.1. The van der Waals surface area contributed by atoms with E-state index in [4.69, 9.17) is 21.1 Å². The van der Waals surface area contributed by atoms with Crippen molar-refractivity contribution in [3.05, 3.63) is 82.1 Å². The predicted octanol–water partition coefficient (Wildman–Crippen LogP) is 6.09. The number of nitrogens with zero attached hydrogens (tertiary/aromatic N) is 5. The van der Waals surface area contributed by atoms with Gasteiger partial charge >= 0.3 is 12.0 Å². The fraction of sp³-hybridized carbons (Fsp3) is 0.276. The topological polar surface area (TPSA) is 145 Å². The average molecular weight is 679 g/mol. The summed E-state index contributed by atoms with van der Waals surface area (Å²) >= 11 is 6.04. The Morgan fingerprint density at radius 1 is 1.04 bits per heavy atom. The van der Waals surface area contributed by atoms with Gasteiger partial charge in [0.2, 0.25) is 0 Å². The van der Waals surface area contributed by atoms with Crippen molar-refractivity contribution >= 4 is 50.8 Å². The molecule has 12 nitrogen and oxygen atoms in total. The normalized spacial score (nSPS) is 15.2. The van der Waals surface area contributed by atoms with Crippen molar-refractivity contribution in [2.45, 2.75) is 57.7 Å². The molecule has 2 amide bonds. The maximum atomic E-state index is 14.3. The van der Waals surface area contributed by atoms with Crippen molar-refractivity contribution in [2.75, 3.05) is 9.62 Å². The molecule has 1 aliphatic heterocycles. The summed E-state index contributed by atoms with van der Waals surface area (Å²) in [7, 11) is -4.35. The maximum Gasteiger partial charge on any atom is 0.427 e. The molecule has 0 atom stereocenters. The molecule has 1 saturated carbocycles. The minimum Gasteiger partial charge on any atom is -0.489 e. The van der Waals surface area contributed by atoms with Crippen molar-refractivity contribution < 1.29 is 40.7 Å². The van der Waals surface area contributed by atoms with E-state index in [2.05, 4.69) is 15.1 Å². The third kappa shape index (κ3) is 6.77. The number of cyclic esters (lactones) is 1. The van der Waals surface area contributed by atoms with Crippen molar-refractivity contribution in [3.8, 4) is 5.75 Å². The van der Waals surface area contributed by atoms with Crippen LogP contribution in [0, 0.1) is 24.4 Å². The van der Waals surface area contributed by atoms with Crippen LogP contribution in [-0.4, -0.2) is 46.1 Å². The summed E-state index contributed by atoms with van der Waals surface area (Å²) in [5, 5.41) is 3.20. The van der Waals surface area contributed by atoms with E-state index in [9.17, 15) is 31.2 Å². The highest BCUT2D eigenvalue weighted by Gasteiger charge is 2.40. The molecule has 17 heteroatoms. The molecule has 0 unspecified atom stereocenters. The number of hydrogen-bond acceptors (Lipinski definition) is 9. The number of aromatic nitrogens is 4. The monoisotopic (exact) mass is 678 g/mol. The number of anilines is 2. The van der Waals surface area contributed by atoms with E-state index < -0.39 is 50.3 Å². The highest BCUT2D eigenvalue weighted by atomic mass is 35.5. The number of nitrogens with one attached hydrogen (secondary N) is 1. The number of carbonyl (C=O) groups excluding carboxylic acids is 2. The largest absolute Gasteiger partial charge is 0.489 e. The predicted molar refractivity (Wildman–Crippen MR) is 159 cm³/mol. The van der Waals surface area contributed by atoms with Gasteiger partial charge in [0.25, 0.3) is 21.0 Å². The first-order valence-corrected chi connectivity index (χ1v) is 15.7. The SMILES string of the molecule is CC(C)=C1OC(=O)N(c2cc(OC3CCCC3)c(Cl)cc2F)C1=O.Cc1ccn2nc(S(=O)(=O)Nc3c(F)cccc3F)nc2n1. The van der Waals surface area contributed by atoms with E-state index in [0.29, 0.717) is 16.2 Å². The summed E-state index contributed by atoms with van der Waals surface area (Å²) in [6, 6.07) is 6.93. The lowest BCUT2D eigenvalue weighted by molar-refractivity contribution is -0.114. The van der Waals surface area contributed by atoms with Gasteiger partial charge in [-0.15, -0.1) is 5.10 Å². The molecule has 2 aromatic heterocycles. The number of rotatable bonds is 6. The highest BCUT2D eigenvalue weighted by molar-refractivity contribution is 7.92. The second-order valence-corrected chi connectivity index (χ2v) is 12.5. The second kappa shape index (κ2) is 13.0. The Hall–Kier alpha value is -4.70. The molecule has 2 fully saturated rings. The van der Waals surface area contributed by atoms with Gasteiger partial charge in [0.1, 0.15) is 28.9 Å². The first kappa shape index (κ1) is 32.7. The first-order valence-electron chi connectivity index (χ1n) is 13.8. The molecule has 0 bridgehead atoms. The summed E-state index contributed by atoms with van der Waals surface area (Å²) in [5.41, 5.74) is 0.147. The van der Waals surface area contributed by atoms with Crippen LogP contribution in [0.25, 0.3) is 5.78 Å². The number of halogens is 4. The number of hydrogen-bond donors (Lipinski definition) is 1. The van der Waals surface area contributed by atoms with Gasteiger partial charge in [-0.1, -0.05) is 17.7 Å². The molecule has 2 aromatic carbocycles. The van der Waals surface area contributed by atoms with Crippen LogP contribution in [0.5, 0.6) is 5.75 Å². The molecule has 2 aliphatic rings. The first-order chi connectivity index (χ1) is 21.7. The number of aryl methyl sites for hydroxylation is 1. The van der Waals surface area contributed by atoms with Gasteiger partial charge in [-0.2, -0.15) is 13.4 Å². The average Bonchev–Trinajstić information content (AvgIpc) is 3.72. The smallest absolute Gasteiger partial charge is 0.427 e. The molecule has 242 valence electrons. The number of sulfonamides is 1. The van der Waals surface area contributed by atoms with Crippen LogP contribution in [-0.2, 0) is 19.6 Å². The lowest BCUT2D eigenvalue weighted by atomic mass is 10.2. The van der Waals surface area contributed by atoms with E-state index in [1.54, 1.807) is 31.6 Å². The van der Waals surface area contributed by atoms with Crippen molar-refractivity contribution in [2.24, 2.45) is 0 Å². The lowest BCUT2D eigenvalue weighted by Crippen LogP contribution is -2.29. The van der Waals surface area contributed by atoms with E-state index in [-0.39, 0.29) is 34.1 Å². The molecule has 46 heavy (non-hydrogen) atoms. The number of benzene rings is 2. The van der Waals surface area contributed by atoms with Crippen LogP contribution in [0.2, 0.25) is 5.02 Å². The van der Waals surface area contributed by atoms with E-state index in [1.165, 1.54) is 12.3 Å².